The molecule has 0 aliphatic carbocycles. The Labute approximate surface area is 184 Å². The molecule has 1 unspecified atom stereocenters. The number of ether oxygens (including phenoxy) is 3. The third-order valence-electron chi connectivity index (χ3n) is 5.19. The number of β-amino-alcohol motifs (C(OH)–C–C–N with tert-alkyl or cyclic N) is 1. The number of hydrogen-bond acceptors (Lipinski definition) is 8. The number of hydrogen-bond donors (Lipinski definition) is 2. The van der Waals surface area contributed by atoms with Crippen molar-refractivity contribution in [2.45, 2.75) is 6.04 Å². The Bertz CT molecular complexity index is 1070. The molecule has 32 heavy (non-hydrogen) atoms. The Morgan fingerprint density at radius 2 is 1.59 bits per heavy atom. The van der Waals surface area contributed by atoms with E-state index in [1.165, 1.54) is 50.5 Å². The lowest BCUT2D eigenvalue weighted by molar-refractivity contribution is -0.140. The molecule has 0 saturated carbocycles. The number of carbonyl (C=O) groups excluding carboxylic acids is 3. The van der Waals surface area contributed by atoms with Crippen LogP contribution < -0.4 is 9.47 Å². The first kappa shape index (κ1) is 22.8. The third-order valence-corrected chi connectivity index (χ3v) is 5.19. The summed E-state index contributed by atoms with van der Waals surface area (Å²) in [4.78, 5) is 38.5. The van der Waals surface area contributed by atoms with Gasteiger partial charge in [0.05, 0.1) is 45.1 Å². The molecule has 0 spiro atoms. The molecule has 1 aliphatic rings. The van der Waals surface area contributed by atoms with Crippen molar-refractivity contribution in [2.75, 3.05) is 34.5 Å². The van der Waals surface area contributed by atoms with Crippen LogP contribution in [-0.4, -0.2) is 67.3 Å². The molecule has 9 heteroatoms. The van der Waals surface area contributed by atoms with Crippen LogP contribution in [0.3, 0.4) is 0 Å². The monoisotopic (exact) mass is 441 g/mol. The van der Waals surface area contributed by atoms with Crippen molar-refractivity contribution in [1.82, 2.24) is 4.90 Å². The second-order valence-electron chi connectivity index (χ2n) is 6.90. The second-order valence-corrected chi connectivity index (χ2v) is 6.90. The number of Topliss-reactive ketones (excluding diaryl/α,β-unsaturated/α-hetero) is 1. The SMILES string of the molecule is COC(=O)c1ccc(C2C(=C(O)c3ccc(OC)c(OC)c3)C(=O)C(=O)N2CCO)cc1. The van der Waals surface area contributed by atoms with Crippen LogP contribution in [-0.2, 0) is 14.3 Å². The second kappa shape index (κ2) is 9.52. The fourth-order valence-corrected chi connectivity index (χ4v) is 3.62. The van der Waals surface area contributed by atoms with Crippen LogP contribution in [0.4, 0.5) is 0 Å². The predicted octanol–water partition coefficient (Wildman–Crippen LogP) is 1.90. The van der Waals surface area contributed by atoms with E-state index in [1.807, 2.05) is 0 Å². The Balaban J connectivity index is 2.16. The molecule has 1 atom stereocenters. The van der Waals surface area contributed by atoms with Gasteiger partial charge in [0.15, 0.2) is 11.5 Å². The van der Waals surface area contributed by atoms with E-state index in [1.54, 1.807) is 18.2 Å². The third kappa shape index (κ3) is 4.02. The zero-order valence-electron chi connectivity index (χ0n) is 17.8. The highest BCUT2D eigenvalue weighted by molar-refractivity contribution is 6.46. The first-order valence-corrected chi connectivity index (χ1v) is 9.67. The number of rotatable bonds is 7. The van der Waals surface area contributed by atoms with Gasteiger partial charge in [0.25, 0.3) is 11.7 Å². The van der Waals surface area contributed by atoms with E-state index in [4.69, 9.17) is 14.2 Å². The summed E-state index contributed by atoms with van der Waals surface area (Å²) in [5.74, 6) is -1.89. The minimum absolute atomic E-state index is 0.114. The summed E-state index contributed by atoms with van der Waals surface area (Å²) in [6, 6.07) is 9.76. The normalized spacial score (nSPS) is 17.4. The average Bonchev–Trinajstić information content (AvgIpc) is 3.07. The van der Waals surface area contributed by atoms with Crippen molar-refractivity contribution in [1.29, 1.82) is 0 Å². The van der Waals surface area contributed by atoms with Gasteiger partial charge in [-0.05, 0) is 35.9 Å². The van der Waals surface area contributed by atoms with Gasteiger partial charge in [0.1, 0.15) is 5.76 Å². The molecule has 0 bridgehead atoms. The lowest BCUT2D eigenvalue weighted by atomic mass is 9.94. The lowest BCUT2D eigenvalue weighted by Crippen LogP contribution is -2.32. The van der Waals surface area contributed by atoms with Gasteiger partial charge in [-0.15, -0.1) is 0 Å². The highest BCUT2D eigenvalue weighted by Gasteiger charge is 2.45. The Hall–Kier alpha value is -3.85. The summed E-state index contributed by atoms with van der Waals surface area (Å²) in [5.41, 5.74) is 0.880. The summed E-state index contributed by atoms with van der Waals surface area (Å²) in [5, 5.41) is 20.5. The maximum absolute atomic E-state index is 12.9. The van der Waals surface area contributed by atoms with Gasteiger partial charge in [0.2, 0.25) is 0 Å². The number of aliphatic hydroxyl groups is 2. The number of aliphatic hydroxyl groups excluding tert-OH is 2. The zero-order chi connectivity index (χ0) is 23.4. The first-order chi connectivity index (χ1) is 15.4. The molecular weight excluding hydrogens is 418 g/mol. The topological polar surface area (TPSA) is 123 Å². The molecule has 0 aromatic heterocycles. The molecular formula is C23H23NO8. The molecule has 0 radical (unpaired) electrons. The molecule has 3 rings (SSSR count). The van der Waals surface area contributed by atoms with Crippen molar-refractivity contribution in [3.05, 3.63) is 64.7 Å². The van der Waals surface area contributed by atoms with Gasteiger partial charge in [-0.3, -0.25) is 9.59 Å². The van der Waals surface area contributed by atoms with Crippen LogP contribution in [0, 0.1) is 0 Å². The van der Waals surface area contributed by atoms with E-state index in [2.05, 4.69) is 0 Å². The Kier molecular flexibility index (Phi) is 6.79. The molecule has 2 aromatic carbocycles. The highest BCUT2D eigenvalue weighted by Crippen LogP contribution is 2.40. The number of nitrogens with zero attached hydrogens (tertiary/aromatic N) is 1. The predicted molar refractivity (Wildman–Crippen MR) is 113 cm³/mol. The Morgan fingerprint density at radius 3 is 2.16 bits per heavy atom. The van der Waals surface area contributed by atoms with E-state index in [9.17, 15) is 24.6 Å². The van der Waals surface area contributed by atoms with Gasteiger partial charge < -0.3 is 29.3 Å². The molecule has 1 aliphatic heterocycles. The van der Waals surface area contributed by atoms with Gasteiger partial charge in [-0.25, -0.2) is 4.79 Å². The van der Waals surface area contributed by atoms with Crippen LogP contribution >= 0.6 is 0 Å². The number of ketones is 1. The van der Waals surface area contributed by atoms with E-state index >= 15 is 0 Å². The van der Waals surface area contributed by atoms with Crippen LogP contribution in [0.25, 0.3) is 5.76 Å². The summed E-state index contributed by atoms with van der Waals surface area (Å²) in [6.45, 7) is -0.489. The number of benzene rings is 2. The molecule has 2 N–H and O–H groups in total. The quantitative estimate of drug-likeness (QED) is 0.289. The van der Waals surface area contributed by atoms with Gasteiger partial charge in [-0.2, -0.15) is 0 Å². The maximum Gasteiger partial charge on any atom is 0.337 e. The fraction of sp³-hybridized carbons (Fsp3) is 0.261. The summed E-state index contributed by atoms with van der Waals surface area (Å²) in [7, 11) is 4.16. The number of carbonyl (C=O) groups is 3. The van der Waals surface area contributed by atoms with E-state index in [0.29, 0.717) is 17.1 Å². The highest BCUT2D eigenvalue weighted by atomic mass is 16.5. The summed E-state index contributed by atoms with van der Waals surface area (Å²) >= 11 is 0. The lowest BCUT2D eigenvalue weighted by Gasteiger charge is -2.24. The minimum Gasteiger partial charge on any atom is -0.507 e. The molecule has 9 nitrogen and oxygen atoms in total. The van der Waals surface area contributed by atoms with Crippen molar-refractivity contribution in [2.24, 2.45) is 0 Å². The number of amides is 1. The largest absolute Gasteiger partial charge is 0.507 e. The minimum atomic E-state index is -0.957. The van der Waals surface area contributed by atoms with Crippen LogP contribution in [0.2, 0.25) is 0 Å². The van der Waals surface area contributed by atoms with E-state index in [-0.39, 0.29) is 29.9 Å². The van der Waals surface area contributed by atoms with Crippen LogP contribution in [0.5, 0.6) is 11.5 Å². The summed E-state index contributed by atoms with van der Waals surface area (Å²) < 4.78 is 15.1. The van der Waals surface area contributed by atoms with Crippen molar-refractivity contribution < 1.29 is 38.8 Å². The van der Waals surface area contributed by atoms with Crippen molar-refractivity contribution in [3.63, 3.8) is 0 Å². The zero-order valence-corrected chi connectivity index (χ0v) is 17.8. The van der Waals surface area contributed by atoms with Gasteiger partial charge in [0, 0.05) is 12.1 Å². The standard InChI is InChI=1S/C23H23NO8/c1-30-16-9-8-15(12-17(16)31-2)20(26)18-19(24(10-11-25)22(28)21(18)27)13-4-6-14(7-5-13)23(29)32-3/h4-9,12,19,25-26H,10-11H2,1-3H3. The fourth-order valence-electron chi connectivity index (χ4n) is 3.62. The molecule has 1 heterocycles. The van der Waals surface area contributed by atoms with Crippen molar-refractivity contribution >= 4 is 23.4 Å². The number of methoxy groups -OCH3 is 3. The Morgan fingerprint density at radius 1 is 0.969 bits per heavy atom. The number of likely N-dealkylation sites (tertiary alicyclic amines) is 1. The van der Waals surface area contributed by atoms with Crippen LogP contribution in [0.15, 0.2) is 48.0 Å². The smallest absolute Gasteiger partial charge is 0.337 e. The first-order valence-electron chi connectivity index (χ1n) is 9.67. The average molecular weight is 441 g/mol. The molecule has 168 valence electrons. The summed E-state index contributed by atoms with van der Waals surface area (Å²) in [6.07, 6.45) is 0. The van der Waals surface area contributed by atoms with Crippen LogP contribution in [0.1, 0.15) is 27.5 Å². The number of esters is 1. The molecule has 1 saturated heterocycles. The molecule has 2 aromatic rings. The van der Waals surface area contributed by atoms with Gasteiger partial charge in [-0.1, -0.05) is 12.1 Å². The van der Waals surface area contributed by atoms with Crippen molar-refractivity contribution in [3.8, 4) is 11.5 Å². The maximum atomic E-state index is 12.9. The molecule has 1 amide bonds. The van der Waals surface area contributed by atoms with E-state index in [0.717, 1.165) is 0 Å². The van der Waals surface area contributed by atoms with Gasteiger partial charge >= 0.3 is 5.97 Å². The van der Waals surface area contributed by atoms with E-state index < -0.39 is 29.5 Å². The molecule has 1 fully saturated rings.